The summed E-state index contributed by atoms with van der Waals surface area (Å²) in [6.07, 6.45) is 1.74. The molecule has 0 amide bonds. The maximum absolute atomic E-state index is 9.07. The van der Waals surface area contributed by atoms with Crippen molar-refractivity contribution in [3.05, 3.63) is 12.7 Å². The molecule has 0 aliphatic heterocycles. The lowest BCUT2D eigenvalue weighted by atomic mass is 10.3. The number of aliphatic hydroxyl groups excluding tert-OH is 1. The van der Waals surface area contributed by atoms with Gasteiger partial charge < -0.3 is 9.84 Å². The van der Waals surface area contributed by atoms with Crippen LogP contribution in [0.4, 0.5) is 0 Å². The topological polar surface area (TPSA) is 29.5 Å². The summed E-state index contributed by atoms with van der Waals surface area (Å²) in [4.78, 5) is 0. The van der Waals surface area contributed by atoms with Crippen molar-refractivity contribution in [3.63, 3.8) is 0 Å². The lowest BCUT2D eigenvalue weighted by Crippen LogP contribution is -2.12. The Labute approximate surface area is 67.9 Å². The molecule has 0 aromatic rings. The second-order valence-corrected chi connectivity index (χ2v) is 2.02. The summed E-state index contributed by atoms with van der Waals surface area (Å²) in [6.45, 7) is 6.14. The highest BCUT2D eigenvalue weighted by Gasteiger charge is 1.95. The maximum Gasteiger partial charge on any atom is 0.137 e. The molecule has 1 N–H and O–H groups in total. The molecule has 0 aliphatic carbocycles. The third-order valence-electron chi connectivity index (χ3n) is 0.957. The first-order valence-corrected chi connectivity index (χ1v) is 3.66. The second kappa shape index (κ2) is 7.33. The fraction of sp³-hybridized carbons (Fsp3) is 0.556. The molecular weight excluding hydrogens is 140 g/mol. The average molecular weight is 154 g/mol. The zero-order valence-corrected chi connectivity index (χ0v) is 6.84. The van der Waals surface area contributed by atoms with E-state index in [0.717, 1.165) is 6.42 Å². The normalized spacial score (nSPS) is 11.5. The molecule has 0 aliphatic rings. The summed E-state index contributed by atoms with van der Waals surface area (Å²) >= 11 is 0. The summed E-state index contributed by atoms with van der Waals surface area (Å²) < 4.78 is 4.97. The van der Waals surface area contributed by atoms with Crippen molar-refractivity contribution >= 4 is 0 Å². The van der Waals surface area contributed by atoms with Gasteiger partial charge in [-0.3, -0.25) is 0 Å². The van der Waals surface area contributed by atoms with Crippen LogP contribution in [0.25, 0.3) is 0 Å². The van der Waals surface area contributed by atoms with Gasteiger partial charge in [-0.05, 0) is 0 Å². The first-order chi connectivity index (χ1) is 5.31. The molecule has 1 atom stereocenters. The van der Waals surface area contributed by atoms with Crippen LogP contribution in [0.15, 0.2) is 12.7 Å². The number of hydrogen-bond acceptors (Lipinski definition) is 2. The van der Waals surface area contributed by atoms with Gasteiger partial charge in [-0.15, -0.1) is 12.5 Å². The van der Waals surface area contributed by atoms with E-state index in [4.69, 9.17) is 9.84 Å². The Morgan fingerprint density at radius 1 is 1.73 bits per heavy atom. The molecule has 0 bridgehead atoms. The molecule has 11 heavy (non-hydrogen) atoms. The molecule has 0 heterocycles. The predicted molar refractivity (Wildman–Crippen MR) is 45.1 cm³/mol. The largest absolute Gasteiger partial charge is 0.378 e. The number of rotatable bonds is 4. The Kier molecular flexibility index (Phi) is 6.81. The Bertz CT molecular complexity index is 153. The zero-order chi connectivity index (χ0) is 8.53. The molecule has 2 nitrogen and oxygen atoms in total. The van der Waals surface area contributed by atoms with Crippen molar-refractivity contribution in [1.29, 1.82) is 0 Å². The molecule has 0 spiro atoms. The molecular formula is C9H14O2. The third-order valence-corrected chi connectivity index (χ3v) is 0.957. The van der Waals surface area contributed by atoms with Gasteiger partial charge in [0.2, 0.25) is 0 Å². The van der Waals surface area contributed by atoms with E-state index in [0.29, 0.717) is 6.61 Å². The number of hydrogen-bond donors (Lipinski definition) is 1. The van der Waals surface area contributed by atoms with E-state index >= 15 is 0 Å². The van der Waals surface area contributed by atoms with Crippen LogP contribution in [0.5, 0.6) is 0 Å². The van der Waals surface area contributed by atoms with E-state index in [1.807, 2.05) is 6.92 Å². The third kappa shape index (κ3) is 7.11. The van der Waals surface area contributed by atoms with E-state index < -0.39 is 6.10 Å². The maximum atomic E-state index is 9.07. The fourth-order valence-corrected chi connectivity index (χ4v) is 0.525. The molecule has 62 valence electrons. The minimum absolute atomic E-state index is 0.263. The van der Waals surface area contributed by atoms with Crippen LogP contribution in [0.2, 0.25) is 0 Å². The molecule has 0 saturated heterocycles. The fourth-order valence-electron chi connectivity index (χ4n) is 0.525. The zero-order valence-electron chi connectivity index (χ0n) is 6.84. The van der Waals surface area contributed by atoms with Crippen molar-refractivity contribution in [2.24, 2.45) is 0 Å². The number of ether oxygens (including phenoxy) is 1. The van der Waals surface area contributed by atoms with Gasteiger partial charge in [0.1, 0.15) is 6.10 Å². The minimum atomic E-state index is -0.658. The number of aliphatic hydroxyl groups is 1. The summed E-state index contributed by atoms with van der Waals surface area (Å²) in [7, 11) is 0. The van der Waals surface area contributed by atoms with Crippen molar-refractivity contribution in [2.75, 3.05) is 13.2 Å². The highest BCUT2D eigenvalue weighted by Crippen LogP contribution is 1.83. The predicted octanol–water partition coefficient (Wildman–Crippen LogP) is 0.963. The van der Waals surface area contributed by atoms with E-state index in [-0.39, 0.29) is 6.61 Å². The molecule has 1 unspecified atom stereocenters. The molecule has 0 fully saturated rings. The standard InChI is InChI=1S/C9H14O2/c1-3-5-6-9(10)8-11-7-4-2/h4,9-10H,2-3,7-8H2,1H3. The summed E-state index contributed by atoms with van der Waals surface area (Å²) in [5, 5.41) is 9.07. The van der Waals surface area contributed by atoms with Crippen LogP contribution in [0, 0.1) is 11.8 Å². The minimum Gasteiger partial charge on any atom is -0.378 e. The Balaban J connectivity index is 3.36. The van der Waals surface area contributed by atoms with Gasteiger partial charge in [-0.25, -0.2) is 0 Å². The molecule has 0 saturated carbocycles. The Morgan fingerprint density at radius 3 is 3.00 bits per heavy atom. The van der Waals surface area contributed by atoms with Gasteiger partial charge in [0.05, 0.1) is 13.2 Å². The van der Waals surface area contributed by atoms with Crippen molar-refractivity contribution in [3.8, 4) is 11.8 Å². The van der Waals surface area contributed by atoms with E-state index in [9.17, 15) is 0 Å². The van der Waals surface area contributed by atoms with Gasteiger partial charge in [-0.2, -0.15) is 0 Å². The first kappa shape index (κ1) is 10.2. The van der Waals surface area contributed by atoms with E-state index in [1.165, 1.54) is 0 Å². The molecule has 0 aromatic heterocycles. The average Bonchev–Trinajstić information content (AvgIpc) is 2.01. The van der Waals surface area contributed by atoms with Crippen molar-refractivity contribution in [1.82, 2.24) is 0 Å². The van der Waals surface area contributed by atoms with Crippen LogP contribution in [-0.2, 0) is 4.74 Å². The molecule has 0 rings (SSSR count). The molecule has 2 heteroatoms. The van der Waals surface area contributed by atoms with Crippen LogP contribution >= 0.6 is 0 Å². The van der Waals surface area contributed by atoms with E-state index in [1.54, 1.807) is 6.08 Å². The van der Waals surface area contributed by atoms with Gasteiger partial charge in [-0.1, -0.05) is 18.9 Å². The van der Waals surface area contributed by atoms with Gasteiger partial charge in [0, 0.05) is 6.42 Å². The van der Waals surface area contributed by atoms with Gasteiger partial charge in [0.25, 0.3) is 0 Å². The monoisotopic (exact) mass is 154 g/mol. The van der Waals surface area contributed by atoms with Gasteiger partial charge >= 0.3 is 0 Å². The summed E-state index contributed by atoms with van der Waals surface area (Å²) in [5.41, 5.74) is 0. The Morgan fingerprint density at radius 2 is 2.45 bits per heavy atom. The lowest BCUT2D eigenvalue weighted by molar-refractivity contribution is 0.0796. The van der Waals surface area contributed by atoms with Crippen molar-refractivity contribution in [2.45, 2.75) is 19.4 Å². The highest BCUT2D eigenvalue weighted by molar-refractivity contribution is 5.03. The van der Waals surface area contributed by atoms with Gasteiger partial charge in [0.15, 0.2) is 0 Å². The smallest absolute Gasteiger partial charge is 0.137 e. The molecule has 0 aromatic carbocycles. The Hall–Kier alpha value is -0.780. The lowest BCUT2D eigenvalue weighted by Gasteiger charge is -2.01. The SMILES string of the molecule is C=CCOCC(O)C#CCC. The van der Waals surface area contributed by atoms with Crippen LogP contribution in [0.1, 0.15) is 13.3 Å². The van der Waals surface area contributed by atoms with Crippen LogP contribution in [0.3, 0.4) is 0 Å². The first-order valence-electron chi connectivity index (χ1n) is 3.66. The highest BCUT2D eigenvalue weighted by atomic mass is 16.5. The quantitative estimate of drug-likeness (QED) is 0.371. The van der Waals surface area contributed by atoms with Crippen LogP contribution in [-0.4, -0.2) is 24.4 Å². The summed E-state index contributed by atoms with van der Waals surface area (Å²) in [5.74, 6) is 5.41. The van der Waals surface area contributed by atoms with Crippen LogP contribution < -0.4 is 0 Å². The summed E-state index contributed by atoms with van der Waals surface area (Å²) in [6, 6.07) is 0. The second-order valence-electron chi connectivity index (χ2n) is 2.02. The van der Waals surface area contributed by atoms with Crippen molar-refractivity contribution < 1.29 is 9.84 Å². The van der Waals surface area contributed by atoms with E-state index in [2.05, 4.69) is 18.4 Å². The molecule has 0 radical (unpaired) electrons.